The molecule has 5 nitrogen and oxygen atoms in total. The van der Waals surface area contributed by atoms with Crippen LogP contribution in [0, 0.1) is 13.8 Å². The Balaban J connectivity index is 2.12. The largest absolute Gasteiger partial charge is 0.325 e. The summed E-state index contributed by atoms with van der Waals surface area (Å²) in [7, 11) is -3.37. The topological polar surface area (TPSA) is 75.3 Å². The lowest BCUT2D eigenvalue weighted by Gasteiger charge is -2.14. The van der Waals surface area contributed by atoms with Crippen LogP contribution in [0.4, 0.5) is 11.4 Å². The van der Waals surface area contributed by atoms with Crippen LogP contribution in [-0.2, 0) is 21.2 Å². The van der Waals surface area contributed by atoms with Gasteiger partial charge in [-0.3, -0.25) is 9.52 Å². The number of carbonyl (C=O) groups is 1. The number of anilines is 2. The first-order valence-corrected chi connectivity index (χ1v) is 9.91. The fourth-order valence-electron chi connectivity index (χ4n) is 2.57. The van der Waals surface area contributed by atoms with Gasteiger partial charge in [0.15, 0.2) is 0 Å². The molecule has 0 spiro atoms. The van der Waals surface area contributed by atoms with E-state index in [0.29, 0.717) is 23.4 Å². The summed E-state index contributed by atoms with van der Waals surface area (Å²) in [6, 6.07) is 13.0. The van der Waals surface area contributed by atoms with Gasteiger partial charge in [0.2, 0.25) is 15.9 Å². The molecule has 2 rings (SSSR count). The summed E-state index contributed by atoms with van der Waals surface area (Å²) in [5.74, 6) is -0.0709. The SMILES string of the molecule is CCCS(=O)(=O)Nc1cccc(NC(=O)Cc2cccc(C)c2)c1C. The van der Waals surface area contributed by atoms with Crippen molar-refractivity contribution in [2.45, 2.75) is 33.6 Å². The molecule has 0 unspecified atom stereocenters. The van der Waals surface area contributed by atoms with Crippen LogP contribution in [0.2, 0.25) is 0 Å². The van der Waals surface area contributed by atoms with Crippen molar-refractivity contribution in [3.63, 3.8) is 0 Å². The van der Waals surface area contributed by atoms with Gasteiger partial charge in [-0.1, -0.05) is 42.8 Å². The Morgan fingerprint density at radius 3 is 2.40 bits per heavy atom. The molecule has 0 aliphatic rings. The van der Waals surface area contributed by atoms with Crippen LogP contribution in [0.1, 0.15) is 30.0 Å². The Morgan fingerprint density at radius 2 is 1.72 bits per heavy atom. The lowest BCUT2D eigenvalue weighted by molar-refractivity contribution is -0.115. The number of nitrogens with one attached hydrogen (secondary N) is 2. The Hall–Kier alpha value is -2.34. The van der Waals surface area contributed by atoms with Crippen molar-refractivity contribution in [2.75, 3.05) is 15.8 Å². The van der Waals surface area contributed by atoms with E-state index in [4.69, 9.17) is 0 Å². The van der Waals surface area contributed by atoms with Gasteiger partial charge in [0.1, 0.15) is 0 Å². The molecule has 0 aliphatic heterocycles. The average Bonchev–Trinajstić information content (AvgIpc) is 2.51. The first-order chi connectivity index (χ1) is 11.8. The van der Waals surface area contributed by atoms with Crippen LogP contribution in [0.3, 0.4) is 0 Å². The number of rotatable bonds is 7. The van der Waals surface area contributed by atoms with Crippen LogP contribution in [0.25, 0.3) is 0 Å². The van der Waals surface area contributed by atoms with Gasteiger partial charge >= 0.3 is 0 Å². The van der Waals surface area contributed by atoms with Gasteiger partial charge in [-0.25, -0.2) is 8.42 Å². The van der Waals surface area contributed by atoms with E-state index in [2.05, 4.69) is 10.0 Å². The van der Waals surface area contributed by atoms with Crippen molar-refractivity contribution in [3.8, 4) is 0 Å². The standard InChI is InChI=1S/C19H24N2O3S/c1-4-11-25(23,24)21-18-10-6-9-17(15(18)3)20-19(22)13-16-8-5-7-14(2)12-16/h5-10,12,21H,4,11,13H2,1-3H3,(H,20,22). The van der Waals surface area contributed by atoms with E-state index in [0.717, 1.165) is 11.1 Å². The second kappa shape index (κ2) is 8.16. The van der Waals surface area contributed by atoms with Gasteiger partial charge in [-0.05, 0) is 43.5 Å². The monoisotopic (exact) mass is 360 g/mol. The number of carbonyl (C=O) groups excluding carboxylic acids is 1. The molecule has 0 bridgehead atoms. The predicted molar refractivity (Wildman–Crippen MR) is 102 cm³/mol. The maximum absolute atomic E-state index is 12.3. The quantitative estimate of drug-likeness (QED) is 0.791. The first-order valence-electron chi connectivity index (χ1n) is 8.26. The van der Waals surface area contributed by atoms with E-state index >= 15 is 0 Å². The highest BCUT2D eigenvalue weighted by molar-refractivity contribution is 7.92. The lowest BCUT2D eigenvalue weighted by atomic mass is 10.1. The summed E-state index contributed by atoms with van der Waals surface area (Å²) in [4.78, 5) is 12.3. The van der Waals surface area contributed by atoms with Gasteiger partial charge < -0.3 is 5.32 Å². The number of hydrogen-bond acceptors (Lipinski definition) is 3. The zero-order chi connectivity index (χ0) is 18.4. The third kappa shape index (κ3) is 5.60. The molecule has 0 saturated carbocycles. The van der Waals surface area contributed by atoms with Crippen molar-refractivity contribution in [2.24, 2.45) is 0 Å². The molecule has 6 heteroatoms. The number of aryl methyl sites for hydroxylation is 1. The van der Waals surface area contributed by atoms with Crippen molar-refractivity contribution in [3.05, 3.63) is 59.2 Å². The molecule has 0 fully saturated rings. The van der Waals surface area contributed by atoms with E-state index in [1.807, 2.05) is 38.1 Å². The molecule has 134 valence electrons. The zero-order valence-corrected chi connectivity index (χ0v) is 15.6. The van der Waals surface area contributed by atoms with Gasteiger partial charge in [-0.15, -0.1) is 0 Å². The van der Waals surface area contributed by atoms with Crippen molar-refractivity contribution in [1.82, 2.24) is 0 Å². The molecule has 0 atom stereocenters. The van der Waals surface area contributed by atoms with Crippen molar-refractivity contribution < 1.29 is 13.2 Å². The highest BCUT2D eigenvalue weighted by Gasteiger charge is 2.13. The van der Waals surface area contributed by atoms with E-state index < -0.39 is 10.0 Å². The molecule has 2 N–H and O–H groups in total. The summed E-state index contributed by atoms with van der Waals surface area (Å²) in [6.07, 6.45) is 0.814. The second-order valence-electron chi connectivity index (χ2n) is 6.11. The van der Waals surface area contributed by atoms with Crippen LogP contribution in [0.15, 0.2) is 42.5 Å². The molecular formula is C19H24N2O3S. The minimum absolute atomic E-state index is 0.0659. The Labute approximate surface area is 149 Å². The maximum Gasteiger partial charge on any atom is 0.232 e. The average molecular weight is 360 g/mol. The molecule has 2 aromatic rings. The van der Waals surface area contributed by atoms with Crippen LogP contribution in [0.5, 0.6) is 0 Å². The second-order valence-corrected chi connectivity index (χ2v) is 7.95. The van der Waals surface area contributed by atoms with E-state index in [9.17, 15) is 13.2 Å². The fourth-order valence-corrected chi connectivity index (χ4v) is 3.77. The minimum Gasteiger partial charge on any atom is -0.325 e. The number of benzene rings is 2. The van der Waals surface area contributed by atoms with Gasteiger partial charge in [-0.2, -0.15) is 0 Å². The molecule has 25 heavy (non-hydrogen) atoms. The molecule has 0 aliphatic carbocycles. The zero-order valence-electron chi connectivity index (χ0n) is 14.8. The molecule has 1 amide bonds. The Bertz CT molecular complexity index is 861. The third-order valence-electron chi connectivity index (χ3n) is 3.79. The third-order valence-corrected chi connectivity index (χ3v) is 5.27. The van der Waals surface area contributed by atoms with Gasteiger partial charge in [0, 0.05) is 5.69 Å². The van der Waals surface area contributed by atoms with Crippen LogP contribution in [-0.4, -0.2) is 20.1 Å². The van der Waals surface area contributed by atoms with E-state index in [1.165, 1.54) is 0 Å². The molecule has 0 saturated heterocycles. The van der Waals surface area contributed by atoms with E-state index in [-0.39, 0.29) is 18.1 Å². The highest BCUT2D eigenvalue weighted by Crippen LogP contribution is 2.24. The van der Waals surface area contributed by atoms with Crippen LogP contribution >= 0.6 is 0 Å². The van der Waals surface area contributed by atoms with Crippen molar-refractivity contribution in [1.29, 1.82) is 0 Å². The summed E-state index contributed by atoms with van der Waals surface area (Å²) in [5, 5.41) is 2.86. The molecular weight excluding hydrogens is 336 g/mol. The summed E-state index contributed by atoms with van der Waals surface area (Å²) < 4.78 is 26.5. The highest BCUT2D eigenvalue weighted by atomic mass is 32.2. The Kier molecular flexibility index (Phi) is 6.20. The minimum atomic E-state index is -3.37. The lowest BCUT2D eigenvalue weighted by Crippen LogP contribution is -2.18. The number of amides is 1. The van der Waals surface area contributed by atoms with Crippen molar-refractivity contribution >= 4 is 27.3 Å². The molecule has 2 aromatic carbocycles. The maximum atomic E-state index is 12.3. The van der Waals surface area contributed by atoms with Crippen LogP contribution < -0.4 is 10.0 Å². The Morgan fingerprint density at radius 1 is 1.04 bits per heavy atom. The normalized spacial score (nSPS) is 11.2. The smallest absolute Gasteiger partial charge is 0.232 e. The van der Waals surface area contributed by atoms with Gasteiger partial charge in [0.05, 0.1) is 17.9 Å². The van der Waals surface area contributed by atoms with Gasteiger partial charge in [0.25, 0.3) is 0 Å². The number of sulfonamides is 1. The summed E-state index contributed by atoms with van der Waals surface area (Å²) in [5.41, 5.74) is 3.83. The number of hydrogen-bond donors (Lipinski definition) is 2. The molecule has 0 radical (unpaired) electrons. The van der Waals surface area contributed by atoms with E-state index in [1.54, 1.807) is 25.1 Å². The fraction of sp³-hybridized carbons (Fsp3) is 0.316. The summed E-state index contributed by atoms with van der Waals surface area (Å²) in [6.45, 7) is 5.58. The predicted octanol–water partition coefficient (Wildman–Crippen LogP) is 3.64. The summed E-state index contributed by atoms with van der Waals surface area (Å²) >= 11 is 0. The molecule has 0 aromatic heterocycles. The molecule has 0 heterocycles. The first kappa shape index (κ1) is 19.0.